The number of fused-ring (bicyclic) bond motifs is 1. The largest absolute Gasteiger partial charge is 0.389 e. The van der Waals surface area contributed by atoms with Crippen molar-refractivity contribution in [1.82, 2.24) is 0 Å². The summed E-state index contributed by atoms with van der Waals surface area (Å²) in [5.41, 5.74) is 9.46. The molecule has 0 fully saturated rings. The maximum absolute atomic E-state index is 10.8. The molecule has 3 heteroatoms. The van der Waals surface area contributed by atoms with Crippen LogP contribution < -0.4 is 5.73 Å². The van der Waals surface area contributed by atoms with Crippen molar-refractivity contribution < 1.29 is 9.84 Å². The van der Waals surface area contributed by atoms with Crippen LogP contribution in [-0.2, 0) is 4.74 Å². The molecule has 3 nitrogen and oxygen atoms in total. The first-order valence-corrected chi connectivity index (χ1v) is 9.87. The number of hydrogen-bond donors (Lipinski definition) is 2. The zero-order chi connectivity index (χ0) is 20.1. The Morgan fingerprint density at radius 2 is 1.24 bits per heavy atom. The van der Waals surface area contributed by atoms with E-state index >= 15 is 0 Å². The summed E-state index contributed by atoms with van der Waals surface area (Å²) in [6.07, 6.45) is -1.08. The monoisotopic (exact) mass is 383 g/mol. The number of nitrogens with two attached hydrogens (primary N) is 1. The number of hydrogen-bond acceptors (Lipinski definition) is 3. The van der Waals surface area contributed by atoms with E-state index in [4.69, 9.17) is 10.5 Å². The van der Waals surface area contributed by atoms with E-state index in [1.807, 2.05) is 91.0 Å². The second kappa shape index (κ2) is 9.01. The van der Waals surface area contributed by atoms with Crippen LogP contribution in [0, 0.1) is 0 Å². The quantitative estimate of drug-likeness (QED) is 0.472. The zero-order valence-corrected chi connectivity index (χ0v) is 16.2. The van der Waals surface area contributed by atoms with Crippen molar-refractivity contribution in [3.05, 3.63) is 120 Å². The average Bonchev–Trinajstić information content (AvgIpc) is 2.79. The highest BCUT2D eigenvalue weighted by atomic mass is 16.5. The lowest BCUT2D eigenvalue weighted by atomic mass is 9.96. The number of aliphatic hydroxyl groups excluding tert-OH is 1. The van der Waals surface area contributed by atoms with Crippen molar-refractivity contribution in [2.24, 2.45) is 5.73 Å². The van der Waals surface area contributed by atoms with Crippen molar-refractivity contribution in [3.8, 4) is 0 Å². The van der Waals surface area contributed by atoms with Crippen molar-refractivity contribution in [3.63, 3.8) is 0 Å². The van der Waals surface area contributed by atoms with Gasteiger partial charge in [0.1, 0.15) is 6.10 Å². The molecule has 0 saturated heterocycles. The van der Waals surface area contributed by atoms with Gasteiger partial charge in [-0.1, -0.05) is 103 Å². The Hall–Kier alpha value is -2.98. The molecule has 0 saturated carbocycles. The lowest BCUT2D eigenvalue weighted by Gasteiger charge is -2.24. The standard InChI is InChI=1S/C26H25NO2/c27-25(23-17-9-15-19-10-7-8-16-22(19)23)24(28)18-29-26(20-11-3-1-4-12-20)21-13-5-2-6-14-21/h1-17,24-26,28H,18,27H2/t24-,25+/m0/s1. The molecule has 4 aromatic rings. The molecule has 4 rings (SSSR count). The number of aliphatic hydroxyl groups is 1. The minimum atomic E-state index is -0.823. The van der Waals surface area contributed by atoms with Gasteiger partial charge in [0.2, 0.25) is 0 Å². The molecule has 0 radical (unpaired) electrons. The summed E-state index contributed by atoms with van der Waals surface area (Å²) in [6.45, 7) is 0.138. The van der Waals surface area contributed by atoms with Crippen molar-refractivity contribution in [2.75, 3.05) is 6.61 Å². The van der Waals surface area contributed by atoms with Gasteiger partial charge in [-0.15, -0.1) is 0 Å². The minimum Gasteiger partial charge on any atom is -0.389 e. The average molecular weight is 383 g/mol. The van der Waals surface area contributed by atoms with Gasteiger partial charge in [0, 0.05) is 0 Å². The van der Waals surface area contributed by atoms with Gasteiger partial charge in [-0.3, -0.25) is 0 Å². The van der Waals surface area contributed by atoms with Gasteiger partial charge in [0.05, 0.1) is 18.8 Å². The molecule has 146 valence electrons. The summed E-state index contributed by atoms with van der Waals surface area (Å²) in [7, 11) is 0. The molecular weight excluding hydrogens is 358 g/mol. The van der Waals surface area contributed by atoms with E-state index in [2.05, 4.69) is 12.1 Å². The van der Waals surface area contributed by atoms with E-state index in [0.717, 1.165) is 27.5 Å². The predicted octanol–water partition coefficient (Wildman–Crippen LogP) is 5.01. The fraction of sp³-hybridized carbons (Fsp3) is 0.154. The predicted molar refractivity (Wildman–Crippen MR) is 118 cm³/mol. The summed E-state index contributed by atoms with van der Waals surface area (Å²) in [5, 5.41) is 13.0. The van der Waals surface area contributed by atoms with E-state index in [1.54, 1.807) is 0 Å². The summed E-state index contributed by atoms with van der Waals surface area (Å²) >= 11 is 0. The molecule has 3 N–H and O–H groups in total. The first kappa shape index (κ1) is 19.3. The van der Waals surface area contributed by atoms with Crippen molar-refractivity contribution >= 4 is 10.8 Å². The molecule has 0 heterocycles. The van der Waals surface area contributed by atoms with Crippen LogP contribution in [0.4, 0.5) is 0 Å². The third kappa shape index (κ3) is 4.38. The maximum atomic E-state index is 10.8. The topological polar surface area (TPSA) is 55.5 Å². The fourth-order valence-electron chi connectivity index (χ4n) is 3.69. The Bertz CT molecular complexity index is 1000. The first-order valence-electron chi connectivity index (χ1n) is 9.87. The Kier molecular flexibility index (Phi) is 6.01. The fourth-order valence-corrected chi connectivity index (χ4v) is 3.69. The molecular formula is C26H25NO2. The van der Waals surface area contributed by atoms with E-state index in [9.17, 15) is 5.11 Å². The van der Waals surface area contributed by atoms with E-state index in [1.165, 1.54) is 0 Å². The molecule has 29 heavy (non-hydrogen) atoms. The summed E-state index contributed by atoms with van der Waals surface area (Å²) < 4.78 is 6.20. The normalized spacial score (nSPS) is 13.5. The van der Waals surface area contributed by atoms with Gasteiger partial charge in [0.15, 0.2) is 0 Å². The SMILES string of the molecule is N[C@H](c1cccc2ccccc12)[C@@H](O)COC(c1ccccc1)c1ccccc1. The van der Waals surface area contributed by atoms with Crippen LogP contribution in [-0.4, -0.2) is 17.8 Å². The van der Waals surface area contributed by atoms with Gasteiger partial charge < -0.3 is 15.6 Å². The molecule has 0 spiro atoms. The highest BCUT2D eigenvalue weighted by molar-refractivity contribution is 5.86. The van der Waals surface area contributed by atoms with Gasteiger partial charge in [0.25, 0.3) is 0 Å². The Morgan fingerprint density at radius 3 is 1.90 bits per heavy atom. The smallest absolute Gasteiger partial charge is 0.108 e. The Morgan fingerprint density at radius 1 is 0.690 bits per heavy atom. The van der Waals surface area contributed by atoms with Crippen LogP contribution >= 0.6 is 0 Å². The highest BCUT2D eigenvalue weighted by Gasteiger charge is 2.22. The molecule has 0 aliphatic carbocycles. The van der Waals surface area contributed by atoms with E-state index < -0.39 is 12.1 Å². The lowest BCUT2D eigenvalue weighted by Crippen LogP contribution is -2.31. The van der Waals surface area contributed by atoms with Crippen LogP contribution in [0.3, 0.4) is 0 Å². The maximum Gasteiger partial charge on any atom is 0.108 e. The molecule has 0 unspecified atom stereocenters. The van der Waals surface area contributed by atoms with Gasteiger partial charge in [-0.25, -0.2) is 0 Å². The molecule has 4 aromatic carbocycles. The van der Waals surface area contributed by atoms with E-state index in [0.29, 0.717) is 0 Å². The van der Waals surface area contributed by atoms with Crippen molar-refractivity contribution in [1.29, 1.82) is 0 Å². The van der Waals surface area contributed by atoms with Crippen molar-refractivity contribution in [2.45, 2.75) is 18.2 Å². The second-order valence-corrected chi connectivity index (χ2v) is 7.20. The summed E-state index contributed by atoms with van der Waals surface area (Å²) in [4.78, 5) is 0. The lowest BCUT2D eigenvalue weighted by molar-refractivity contribution is -0.00442. The first-order chi connectivity index (χ1) is 14.2. The second-order valence-electron chi connectivity index (χ2n) is 7.20. The highest BCUT2D eigenvalue weighted by Crippen LogP contribution is 2.28. The van der Waals surface area contributed by atoms with Crippen LogP contribution in [0.25, 0.3) is 10.8 Å². The third-order valence-electron chi connectivity index (χ3n) is 5.24. The summed E-state index contributed by atoms with van der Waals surface area (Å²) in [5.74, 6) is 0. The number of ether oxygens (including phenoxy) is 1. The van der Waals surface area contributed by atoms with Gasteiger partial charge in [-0.05, 0) is 27.5 Å². The van der Waals surface area contributed by atoms with Crippen LogP contribution in [0.2, 0.25) is 0 Å². The molecule has 0 amide bonds. The number of benzene rings is 4. The van der Waals surface area contributed by atoms with Gasteiger partial charge >= 0.3 is 0 Å². The van der Waals surface area contributed by atoms with Crippen LogP contribution in [0.5, 0.6) is 0 Å². The van der Waals surface area contributed by atoms with Crippen LogP contribution in [0.1, 0.15) is 28.8 Å². The Labute approximate surface area is 171 Å². The number of rotatable bonds is 7. The summed E-state index contributed by atoms with van der Waals surface area (Å²) in [6, 6.07) is 33.6. The van der Waals surface area contributed by atoms with Gasteiger partial charge in [-0.2, -0.15) is 0 Å². The van der Waals surface area contributed by atoms with E-state index in [-0.39, 0.29) is 12.7 Å². The third-order valence-corrected chi connectivity index (χ3v) is 5.24. The zero-order valence-electron chi connectivity index (χ0n) is 16.2. The molecule has 0 bridgehead atoms. The Balaban J connectivity index is 1.54. The minimum absolute atomic E-state index is 0.138. The van der Waals surface area contributed by atoms with Crippen LogP contribution in [0.15, 0.2) is 103 Å². The molecule has 2 atom stereocenters. The molecule has 0 aromatic heterocycles. The molecule has 0 aliphatic heterocycles. The molecule has 0 aliphatic rings.